The minimum atomic E-state index is 0.676. The van der Waals surface area contributed by atoms with Gasteiger partial charge in [-0.3, -0.25) is 0 Å². The van der Waals surface area contributed by atoms with Crippen molar-refractivity contribution < 1.29 is 4.74 Å². The normalized spacial score (nSPS) is 11.0. The molecule has 0 atom stereocenters. The number of nitrogens with zero attached hydrogens (tertiary/aromatic N) is 3. The smallest absolute Gasteiger partial charge is 0.134 e. The maximum Gasteiger partial charge on any atom is 0.134 e. The van der Waals surface area contributed by atoms with Crippen LogP contribution in [0.1, 0.15) is 24.7 Å². The van der Waals surface area contributed by atoms with Gasteiger partial charge in [-0.15, -0.1) is 0 Å². The summed E-state index contributed by atoms with van der Waals surface area (Å²) in [5, 5.41) is 6.47. The minimum absolute atomic E-state index is 0.676. The Morgan fingerprint density at radius 3 is 2.48 bits per heavy atom. The van der Waals surface area contributed by atoms with Crippen LogP contribution < -0.4 is 10.6 Å². The highest BCUT2D eigenvalue weighted by molar-refractivity contribution is 5.56. The highest BCUT2D eigenvalue weighted by atomic mass is 16.5. The molecular weight excluding hydrogens is 266 g/mol. The molecule has 0 radical (unpaired) electrons. The lowest BCUT2D eigenvalue weighted by molar-refractivity contribution is 0.126. The number of likely N-dealkylation sites (N-methyl/N-ethyl adjacent to an activating group) is 1. The van der Waals surface area contributed by atoms with Gasteiger partial charge in [-0.1, -0.05) is 6.92 Å². The summed E-state index contributed by atoms with van der Waals surface area (Å²) in [5.41, 5.74) is 1.05. The molecule has 0 spiro atoms. The molecule has 0 aliphatic heterocycles. The molecule has 1 aromatic rings. The van der Waals surface area contributed by atoms with Gasteiger partial charge >= 0.3 is 0 Å². The summed E-state index contributed by atoms with van der Waals surface area (Å²) in [6.07, 6.45) is 1.93. The average molecular weight is 295 g/mol. The second kappa shape index (κ2) is 9.52. The van der Waals surface area contributed by atoms with Gasteiger partial charge in [0, 0.05) is 32.1 Å². The summed E-state index contributed by atoms with van der Waals surface area (Å²) in [6, 6.07) is 0. The SMILES string of the molecule is CCCc1nc(NC)c(C)c(NCCOCCN(C)C)n1. The van der Waals surface area contributed by atoms with Crippen LogP contribution >= 0.6 is 0 Å². The molecule has 0 bridgehead atoms. The lowest BCUT2D eigenvalue weighted by Gasteiger charge is -2.14. The molecule has 0 amide bonds. The number of anilines is 2. The Morgan fingerprint density at radius 2 is 1.86 bits per heavy atom. The molecule has 0 saturated carbocycles. The molecule has 0 aliphatic rings. The number of nitrogens with one attached hydrogen (secondary N) is 2. The third-order valence-electron chi connectivity index (χ3n) is 3.12. The lowest BCUT2D eigenvalue weighted by atomic mass is 10.2. The van der Waals surface area contributed by atoms with E-state index in [0.29, 0.717) is 6.61 Å². The van der Waals surface area contributed by atoms with Crippen LogP contribution in [-0.2, 0) is 11.2 Å². The predicted octanol–water partition coefficient (Wildman–Crippen LogP) is 1.77. The van der Waals surface area contributed by atoms with Crippen molar-refractivity contribution in [3.63, 3.8) is 0 Å². The minimum Gasteiger partial charge on any atom is -0.378 e. The van der Waals surface area contributed by atoms with E-state index < -0.39 is 0 Å². The van der Waals surface area contributed by atoms with Crippen LogP contribution in [0.15, 0.2) is 0 Å². The Hall–Kier alpha value is -1.40. The second-order valence-electron chi connectivity index (χ2n) is 5.30. The molecule has 1 heterocycles. The Bertz CT molecular complexity index is 423. The molecule has 1 aromatic heterocycles. The Kier molecular flexibility index (Phi) is 8.00. The standard InChI is InChI=1S/C15H29N5O/c1-6-7-13-18-14(16-3)12(2)15(19-13)17-8-10-21-11-9-20(4)5/h6-11H2,1-5H3,(H2,16,17,18,19). The summed E-state index contributed by atoms with van der Waals surface area (Å²) in [7, 11) is 5.97. The van der Waals surface area contributed by atoms with Gasteiger partial charge in [-0.05, 0) is 27.4 Å². The monoisotopic (exact) mass is 295 g/mol. The van der Waals surface area contributed by atoms with Gasteiger partial charge in [-0.2, -0.15) is 0 Å². The van der Waals surface area contributed by atoms with Crippen molar-refractivity contribution in [1.29, 1.82) is 0 Å². The molecule has 6 nitrogen and oxygen atoms in total. The summed E-state index contributed by atoms with van der Waals surface area (Å²) >= 11 is 0. The van der Waals surface area contributed by atoms with Gasteiger partial charge in [0.05, 0.1) is 13.2 Å². The maximum absolute atomic E-state index is 5.58. The number of aromatic nitrogens is 2. The fraction of sp³-hybridized carbons (Fsp3) is 0.733. The van der Waals surface area contributed by atoms with Crippen molar-refractivity contribution in [3.8, 4) is 0 Å². The van der Waals surface area contributed by atoms with Gasteiger partial charge < -0.3 is 20.3 Å². The van der Waals surface area contributed by atoms with Crippen LogP contribution in [-0.4, -0.2) is 62.3 Å². The summed E-state index contributed by atoms with van der Waals surface area (Å²) in [4.78, 5) is 11.2. The first-order chi connectivity index (χ1) is 10.1. The number of rotatable bonds is 10. The van der Waals surface area contributed by atoms with Gasteiger partial charge in [0.2, 0.25) is 0 Å². The zero-order valence-corrected chi connectivity index (χ0v) is 14.0. The summed E-state index contributed by atoms with van der Waals surface area (Å²) < 4.78 is 5.58. The van der Waals surface area contributed by atoms with Crippen LogP contribution in [0.3, 0.4) is 0 Å². The Morgan fingerprint density at radius 1 is 1.14 bits per heavy atom. The quantitative estimate of drug-likeness (QED) is 0.642. The zero-order valence-electron chi connectivity index (χ0n) is 14.0. The maximum atomic E-state index is 5.58. The number of aryl methyl sites for hydroxylation is 1. The molecule has 1 rings (SSSR count). The van der Waals surface area contributed by atoms with Gasteiger partial charge in [0.15, 0.2) is 0 Å². The van der Waals surface area contributed by atoms with Crippen molar-refractivity contribution in [2.24, 2.45) is 0 Å². The van der Waals surface area contributed by atoms with Gasteiger partial charge in [-0.25, -0.2) is 9.97 Å². The van der Waals surface area contributed by atoms with Crippen LogP contribution in [0, 0.1) is 6.92 Å². The summed E-state index contributed by atoms with van der Waals surface area (Å²) in [5.74, 6) is 2.67. The van der Waals surface area contributed by atoms with Crippen LogP contribution in [0.25, 0.3) is 0 Å². The summed E-state index contributed by atoms with van der Waals surface area (Å²) in [6.45, 7) is 7.28. The molecule has 2 N–H and O–H groups in total. The number of ether oxygens (including phenoxy) is 1. The average Bonchev–Trinajstić information content (AvgIpc) is 2.45. The highest BCUT2D eigenvalue weighted by Crippen LogP contribution is 2.19. The largest absolute Gasteiger partial charge is 0.378 e. The molecule has 0 saturated heterocycles. The van der Waals surface area contributed by atoms with Gasteiger partial charge in [0.25, 0.3) is 0 Å². The Balaban J connectivity index is 2.51. The van der Waals surface area contributed by atoms with Crippen molar-refractivity contribution >= 4 is 11.6 Å². The van der Waals surface area contributed by atoms with Crippen LogP contribution in [0.2, 0.25) is 0 Å². The lowest BCUT2D eigenvalue weighted by Crippen LogP contribution is -2.20. The second-order valence-corrected chi connectivity index (χ2v) is 5.30. The van der Waals surface area contributed by atoms with E-state index >= 15 is 0 Å². The first-order valence-electron chi connectivity index (χ1n) is 7.60. The van der Waals surface area contributed by atoms with E-state index in [-0.39, 0.29) is 0 Å². The zero-order chi connectivity index (χ0) is 15.7. The third kappa shape index (κ3) is 6.27. The Labute approximate surface area is 128 Å². The van der Waals surface area contributed by atoms with Crippen molar-refractivity contribution in [2.45, 2.75) is 26.7 Å². The molecule has 21 heavy (non-hydrogen) atoms. The van der Waals surface area contributed by atoms with Crippen molar-refractivity contribution in [2.75, 3.05) is 58.1 Å². The molecule has 0 aliphatic carbocycles. The van der Waals surface area contributed by atoms with Crippen molar-refractivity contribution in [1.82, 2.24) is 14.9 Å². The fourth-order valence-electron chi connectivity index (χ4n) is 1.90. The number of hydrogen-bond acceptors (Lipinski definition) is 6. The molecule has 0 fully saturated rings. The molecular formula is C15H29N5O. The highest BCUT2D eigenvalue weighted by Gasteiger charge is 2.09. The van der Waals surface area contributed by atoms with E-state index in [1.165, 1.54) is 0 Å². The first-order valence-corrected chi connectivity index (χ1v) is 7.60. The fourth-order valence-corrected chi connectivity index (χ4v) is 1.90. The van der Waals surface area contributed by atoms with E-state index in [2.05, 4.69) is 32.4 Å². The molecule has 6 heteroatoms. The topological polar surface area (TPSA) is 62.3 Å². The van der Waals surface area contributed by atoms with E-state index in [1.54, 1.807) is 0 Å². The van der Waals surface area contributed by atoms with Crippen LogP contribution in [0.4, 0.5) is 11.6 Å². The first kappa shape index (κ1) is 17.7. The van der Waals surface area contributed by atoms with E-state index in [4.69, 9.17) is 4.74 Å². The predicted molar refractivity (Wildman–Crippen MR) is 88.2 cm³/mol. The van der Waals surface area contributed by atoms with Crippen LogP contribution in [0.5, 0.6) is 0 Å². The molecule has 0 aromatic carbocycles. The molecule has 120 valence electrons. The van der Waals surface area contributed by atoms with E-state index in [1.807, 2.05) is 28.1 Å². The van der Waals surface area contributed by atoms with E-state index in [0.717, 1.165) is 55.6 Å². The number of hydrogen-bond donors (Lipinski definition) is 2. The molecule has 0 unspecified atom stereocenters. The van der Waals surface area contributed by atoms with Crippen molar-refractivity contribution in [3.05, 3.63) is 11.4 Å². The van der Waals surface area contributed by atoms with Gasteiger partial charge in [0.1, 0.15) is 17.5 Å². The van der Waals surface area contributed by atoms with E-state index in [9.17, 15) is 0 Å². The third-order valence-corrected chi connectivity index (χ3v) is 3.12.